The van der Waals surface area contributed by atoms with Crippen LogP contribution in [0.15, 0.2) is 39.3 Å². The van der Waals surface area contributed by atoms with Gasteiger partial charge in [-0.2, -0.15) is 5.10 Å². The zero-order chi connectivity index (χ0) is 21.1. The van der Waals surface area contributed by atoms with E-state index in [2.05, 4.69) is 47.6 Å². The highest BCUT2D eigenvalue weighted by atomic mass is 79.9. The highest BCUT2D eigenvalue weighted by Gasteiger charge is 2.14. The first-order valence-electron chi connectivity index (χ1n) is 8.58. The van der Waals surface area contributed by atoms with Crippen LogP contribution in [0.4, 0.5) is 5.69 Å². The number of anilines is 1. The Morgan fingerprint density at radius 3 is 2.52 bits per heavy atom. The van der Waals surface area contributed by atoms with Crippen molar-refractivity contribution < 1.29 is 19.4 Å². The molecule has 0 aliphatic heterocycles. The number of likely N-dealkylation sites (N-methyl/N-ethyl adjacent to an activating group) is 1. The Morgan fingerprint density at radius 2 is 1.90 bits per heavy atom. The number of carboxylic acid groups (broad SMARTS) is 1. The van der Waals surface area contributed by atoms with Gasteiger partial charge in [0.25, 0.3) is 0 Å². The Labute approximate surface area is 183 Å². The fourth-order valence-corrected chi connectivity index (χ4v) is 4.07. The largest absolute Gasteiger partial charge is 0.480 e. The summed E-state index contributed by atoms with van der Waals surface area (Å²) < 4.78 is 9.01. The lowest BCUT2D eigenvalue weighted by Crippen LogP contribution is -2.24. The third-order valence-corrected chi connectivity index (χ3v) is 5.39. The van der Waals surface area contributed by atoms with Crippen LogP contribution in [0.5, 0.6) is 11.5 Å². The molecule has 0 atom stereocenters. The van der Waals surface area contributed by atoms with Gasteiger partial charge in [-0.05, 0) is 69.1 Å². The van der Waals surface area contributed by atoms with Gasteiger partial charge < -0.3 is 20.5 Å². The number of hydrogen-bond donors (Lipinski definition) is 3. The molecule has 10 heteroatoms. The van der Waals surface area contributed by atoms with E-state index < -0.39 is 5.97 Å². The molecule has 3 rings (SSSR count). The summed E-state index contributed by atoms with van der Waals surface area (Å²) in [5.41, 5.74) is 2.27. The number of carbonyl (C=O) groups is 2. The summed E-state index contributed by atoms with van der Waals surface area (Å²) in [6, 6.07) is 8.99. The van der Waals surface area contributed by atoms with Crippen molar-refractivity contribution in [2.24, 2.45) is 0 Å². The highest BCUT2D eigenvalue weighted by molar-refractivity contribution is 9.11. The molecule has 0 aliphatic carbocycles. The number of amides is 1. The lowest BCUT2D eigenvalue weighted by Gasteiger charge is -2.13. The first kappa shape index (κ1) is 21.1. The molecule has 0 unspecified atom stereocenters. The minimum atomic E-state index is -0.946. The van der Waals surface area contributed by atoms with E-state index >= 15 is 0 Å². The minimum Gasteiger partial charge on any atom is -0.480 e. The molecule has 2 aromatic carbocycles. The lowest BCUT2D eigenvalue weighted by atomic mass is 10.2. The molecule has 0 radical (unpaired) electrons. The van der Waals surface area contributed by atoms with Crippen LogP contribution < -0.4 is 15.4 Å². The van der Waals surface area contributed by atoms with E-state index in [0.717, 1.165) is 16.6 Å². The van der Waals surface area contributed by atoms with Gasteiger partial charge in [-0.25, -0.2) is 0 Å². The Hall–Kier alpha value is -2.59. The molecular formula is C19H18Br2N4O4. The molecule has 0 bridgehead atoms. The molecule has 0 saturated carbocycles. The van der Waals surface area contributed by atoms with Crippen LogP contribution in [0.1, 0.15) is 5.69 Å². The Morgan fingerprint density at radius 1 is 1.21 bits per heavy atom. The van der Waals surface area contributed by atoms with Crippen molar-refractivity contribution in [2.45, 2.75) is 13.5 Å². The van der Waals surface area contributed by atoms with Gasteiger partial charge in [-0.3, -0.25) is 14.3 Å². The standard InChI is InChI=1S/C19H18Br2N4O4/c1-10-13-7-12(3-4-16(13)24-25(10)9-17(26)22-2)29-19-14(20)5-11(6-15(19)21)23-8-18(27)28/h3-7,23H,8-9H2,1-2H3,(H,22,26)(H,27,28). The Kier molecular flexibility index (Phi) is 6.43. The van der Waals surface area contributed by atoms with Gasteiger partial charge in [-0.15, -0.1) is 0 Å². The number of rotatable bonds is 7. The van der Waals surface area contributed by atoms with Gasteiger partial charge in [0.2, 0.25) is 5.91 Å². The van der Waals surface area contributed by atoms with E-state index in [1.54, 1.807) is 29.9 Å². The number of aromatic nitrogens is 2. The molecule has 1 heterocycles. The van der Waals surface area contributed by atoms with Crippen LogP contribution in [-0.4, -0.2) is 40.4 Å². The van der Waals surface area contributed by atoms with E-state index in [1.165, 1.54) is 0 Å². The molecular weight excluding hydrogens is 508 g/mol. The first-order chi connectivity index (χ1) is 13.8. The molecule has 0 spiro atoms. The maximum absolute atomic E-state index is 11.7. The van der Waals surface area contributed by atoms with Crippen LogP contribution >= 0.6 is 31.9 Å². The average molecular weight is 526 g/mol. The fourth-order valence-electron chi connectivity index (χ4n) is 2.72. The van der Waals surface area contributed by atoms with E-state index in [4.69, 9.17) is 9.84 Å². The molecule has 8 nitrogen and oxygen atoms in total. The van der Waals surface area contributed by atoms with E-state index in [1.807, 2.05) is 19.1 Å². The predicted molar refractivity (Wildman–Crippen MR) is 117 cm³/mol. The molecule has 0 saturated heterocycles. The fraction of sp³-hybridized carbons (Fsp3) is 0.211. The highest BCUT2D eigenvalue weighted by Crippen LogP contribution is 2.39. The zero-order valence-electron chi connectivity index (χ0n) is 15.6. The average Bonchev–Trinajstić information content (AvgIpc) is 2.98. The number of hydrogen-bond acceptors (Lipinski definition) is 5. The molecule has 29 heavy (non-hydrogen) atoms. The number of fused-ring (bicyclic) bond motifs is 1. The van der Waals surface area contributed by atoms with Crippen molar-refractivity contribution in [3.05, 3.63) is 45.0 Å². The van der Waals surface area contributed by atoms with Gasteiger partial charge in [-0.1, -0.05) is 0 Å². The molecule has 152 valence electrons. The number of carbonyl (C=O) groups excluding carboxylic acids is 1. The number of nitrogens with one attached hydrogen (secondary N) is 2. The monoisotopic (exact) mass is 524 g/mol. The summed E-state index contributed by atoms with van der Waals surface area (Å²) in [5.74, 6) is 0.0911. The van der Waals surface area contributed by atoms with Crippen LogP contribution in [0, 0.1) is 6.92 Å². The van der Waals surface area contributed by atoms with E-state index in [9.17, 15) is 9.59 Å². The topological polar surface area (TPSA) is 105 Å². The third kappa shape index (κ3) is 4.88. The number of aryl methyl sites for hydroxylation is 1. The summed E-state index contributed by atoms with van der Waals surface area (Å²) >= 11 is 6.93. The van der Waals surface area contributed by atoms with Gasteiger partial charge >= 0.3 is 5.97 Å². The molecule has 0 aliphatic rings. The summed E-state index contributed by atoms with van der Waals surface area (Å²) in [5, 5.41) is 19.5. The molecule has 3 aromatic rings. The molecule has 0 fully saturated rings. The number of nitrogens with zero attached hydrogens (tertiary/aromatic N) is 2. The summed E-state index contributed by atoms with van der Waals surface area (Å²) in [6.45, 7) is 1.86. The number of halogens is 2. The first-order valence-corrected chi connectivity index (χ1v) is 10.2. The van der Waals surface area contributed by atoms with Crippen LogP contribution in [-0.2, 0) is 16.1 Å². The van der Waals surface area contributed by atoms with Gasteiger partial charge in [0.05, 0.1) is 14.5 Å². The second-order valence-corrected chi connectivity index (χ2v) is 7.92. The third-order valence-electron chi connectivity index (χ3n) is 4.21. The van der Waals surface area contributed by atoms with Crippen molar-refractivity contribution in [2.75, 3.05) is 18.9 Å². The minimum absolute atomic E-state index is 0.123. The predicted octanol–water partition coefficient (Wildman–Crippen LogP) is 3.90. The van der Waals surface area contributed by atoms with Crippen molar-refractivity contribution in [3.8, 4) is 11.5 Å². The smallest absolute Gasteiger partial charge is 0.322 e. The van der Waals surface area contributed by atoms with Crippen LogP contribution in [0.3, 0.4) is 0 Å². The van der Waals surface area contributed by atoms with Crippen molar-refractivity contribution in [1.82, 2.24) is 15.1 Å². The number of aliphatic carboxylic acids is 1. The van der Waals surface area contributed by atoms with E-state index in [0.29, 0.717) is 26.1 Å². The lowest BCUT2D eigenvalue weighted by molar-refractivity contribution is -0.135. The normalized spacial score (nSPS) is 10.8. The van der Waals surface area contributed by atoms with Gasteiger partial charge in [0.1, 0.15) is 18.8 Å². The molecule has 1 amide bonds. The van der Waals surface area contributed by atoms with Crippen molar-refractivity contribution in [1.29, 1.82) is 0 Å². The summed E-state index contributed by atoms with van der Waals surface area (Å²) in [6.07, 6.45) is 0. The second kappa shape index (κ2) is 8.83. The van der Waals surface area contributed by atoms with E-state index in [-0.39, 0.29) is 19.0 Å². The quantitative estimate of drug-likeness (QED) is 0.432. The maximum Gasteiger partial charge on any atom is 0.322 e. The number of ether oxygens (including phenoxy) is 1. The zero-order valence-corrected chi connectivity index (χ0v) is 18.8. The SMILES string of the molecule is CNC(=O)Cn1nc2ccc(Oc3c(Br)cc(NCC(=O)O)cc3Br)cc2c1C. The van der Waals surface area contributed by atoms with Gasteiger partial charge in [0.15, 0.2) is 5.75 Å². The Balaban J connectivity index is 1.87. The van der Waals surface area contributed by atoms with Crippen molar-refractivity contribution in [3.63, 3.8) is 0 Å². The summed E-state index contributed by atoms with van der Waals surface area (Å²) in [4.78, 5) is 22.4. The molecule has 3 N–H and O–H groups in total. The molecule has 1 aromatic heterocycles. The summed E-state index contributed by atoms with van der Waals surface area (Å²) in [7, 11) is 1.59. The van der Waals surface area contributed by atoms with Gasteiger partial charge in [0, 0.05) is 23.8 Å². The number of benzene rings is 2. The Bertz CT molecular complexity index is 1070. The number of carboxylic acids is 1. The van der Waals surface area contributed by atoms with Crippen molar-refractivity contribution >= 4 is 60.3 Å². The van der Waals surface area contributed by atoms with Crippen LogP contribution in [0.2, 0.25) is 0 Å². The second-order valence-electron chi connectivity index (χ2n) is 6.21. The van der Waals surface area contributed by atoms with Crippen LogP contribution in [0.25, 0.3) is 10.9 Å². The maximum atomic E-state index is 11.7.